The van der Waals surface area contributed by atoms with Crippen molar-refractivity contribution in [2.45, 2.75) is 57.1 Å². The molecule has 0 aliphatic heterocycles. The molecular weight excluding hydrogens is 396 g/mol. The van der Waals surface area contributed by atoms with E-state index >= 15 is 0 Å². The highest BCUT2D eigenvalue weighted by Gasteiger charge is 2.26. The molecule has 158 valence electrons. The van der Waals surface area contributed by atoms with E-state index in [0.29, 0.717) is 18.3 Å². The van der Waals surface area contributed by atoms with Gasteiger partial charge in [0.15, 0.2) is 10.9 Å². The second kappa shape index (κ2) is 9.51. The van der Waals surface area contributed by atoms with Crippen LogP contribution in [0, 0.1) is 6.92 Å². The van der Waals surface area contributed by atoms with E-state index in [2.05, 4.69) is 14.8 Å². The number of furan rings is 1. The fourth-order valence-corrected chi connectivity index (χ4v) is 5.05. The minimum Gasteiger partial charge on any atom is -0.461 e. The number of hydrogen-bond donors (Lipinski definition) is 0. The minimum absolute atomic E-state index is 0.0783. The van der Waals surface area contributed by atoms with Gasteiger partial charge >= 0.3 is 0 Å². The molecule has 1 aliphatic rings. The Labute approximate surface area is 181 Å². The Bertz CT molecular complexity index is 977. The van der Waals surface area contributed by atoms with Gasteiger partial charge in [0.2, 0.25) is 11.7 Å². The Kier molecular flexibility index (Phi) is 6.57. The number of amides is 1. The number of para-hydroxylation sites is 1. The molecule has 2 heterocycles. The van der Waals surface area contributed by atoms with Gasteiger partial charge in [-0.05, 0) is 50.5 Å². The third-order valence-electron chi connectivity index (χ3n) is 5.69. The molecule has 0 atom stereocenters. The number of thioether (sulfide) groups is 1. The van der Waals surface area contributed by atoms with Crippen LogP contribution in [0.3, 0.4) is 0 Å². The van der Waals surface area contributed by atoms with Gasteiger partial charge in [-0.2, -0.15) is 0 Å². The SMILES string of the molecule is CCN(C(=O)CSc1nnc(-c2ccco2)n1C1CCCCC1)c1ccccc1C. The van der Waals surface area contributed by atoms with Crippen LogP contribution in [-0.4, -0.2) is 33.0 Å². The number of aryl methyl sites for hydroxylation is 1. The first-order chi connectivity index (χ1) is 14.7. The summed E-state index contributed by atoms with van der Waals surface area (Å²) in [6.07, 6.45) is 7.57. The van der Waals surface area contributed by atoms with Crippen molar-refractivity contribution >= 4 is 23.4 Å². The highest BCUT2D eigenvalue weighted by atomic mass is 32.2. The van der Waals surface area contributed by atoms with Crippen LogP contribution in [0.2, 0.25) is 0 Å². The van der Waals surface area contributed by atoms with Crippen LogP contribution in [0.5, 0.6) is 0 Å². The molecule has 1 fully saturated rings. The van der Waals surface area contributed by atoms with Crippen molar-refractivity contribution in [2.75, 3.05) is 17.2 Å². The van der Waals surface area contributed by atoms with Crippen LogP contribution in [0.4, 0.5) is 5.69 Å². The van der Waals surface area contributed by atoms with E-state index in [1.165, 1.54) is 31.0 Å². The summed E-state index contributed by atoms with van der Waals surface area (Å²) in [5, 5.41) is 9.66. The number of aromatic nitrogens is 3. The van der Waals surface area contributed by atoms with Crippen LogP contribution in [0.1, 0.15) is 50.6 Å². The molecule has 3 aromatic rings. The maximum atomic E-state index is 13.1. The molecule has 0 N–H and O–H groups in total. The molecule has 1 aromatic carbocycles. The Balaban J connectivity index is 1.55. The smallest absolute Gasteiger partial charge is 0.237 e. The lowest BCUT2D eigenvalue weighted by Gasteiger charge is -2.25. The number of benzene rings is 1. The normalized spacial score (nSPS) is 14.7. The highest BCUT2D eigenvalue weighted by molar-refractivity contribution is 7.99. The van der Waals surface area contributed by atoms with E-state index in [1.54, 1.807) is 6.26 Å². The van der Waals surface area contributed by atoms with E-state index in [1.807, 2.05) is 55.1 Å². The summed E-state index contributed by atoms with van der Waals surface area (Å²) < 4.78 is 7.80. The molecule has 1 saturated carbocycles. The van der Waals surface area contributed by atoms with Crippen molar-refractivity contribution in [2.24, 2.45) is 0 Å². The maximum absolute atomic E-state index is 13.1. The Morgan fingerprint density at radius 2 is 1.97 bits per heavy atom. The zero-order valence-electron chi connectivity index (χ0n) is 17.6. The quantitative estimate of drug-likeness (QED) is 0.469. The molecule has 0 spiro atoms. The Hall–Kier alpha value is -2.54. The fourth-order valence-electron chi connectivity index (χ4n) is 4.17. The third kappa shape index (κ3) is 4.31. The zero-order valence-corrected chi connectivity index (χ0v) is 18.4. The van der Waals surface area contributed by atoms with Gasteiger partial charge in [-0.15, -0.1) is 10.2 Å². The zero-order chi connectivity index (χ0) is 20.9. The molecule has 30 heavy (non-hydrogen) atoms. The average Bonchev–Trinajstić information content (AvgIpc) is 3.44. The van der Waals surface area contributed by atoms with Crippen molar-refractivity contribution in [3.8, 4) is 11.6 Å². The van der Waals surface area contributed by atoms with E-state index in [0.717, 1.165) is 40.8 Å². The first-order valence-corrected chi connectivity index (χ1v) is 11.6. The average molecular weight is 425 g/mol. The lowest BCUT2D eigenvalue weighted by Crippen LogP contribution is -2.32. The molecule has 0 radical (unpaired) electrons. The first kappa shape index (κ1) is 20.7. The Morgan fingerprint density at radius 1 is 1.17 bits per heavy atom. The van der Waals surface area contributed by atoms with Gasteiger partial charge in [0, 0.05) is 18.3 Å². The molecule has 7 heteroatoms. The van der Waals surface area contributed by atoms with Crippen molar-refractivity contribution in [1.82, 2.24) is 14.8 Å². The van der Waals surface area contributed by atoms with Crippen molar-refractivity contribution < 1.29 is 9.21 Å². The maximum Gasteiger partial charge on any atom is 0.237 e. The number of carbonyl (C=O) groups excluding carboxylic acids is 1. The predicted octanol–water partition coefficient (Wildman–Crippen LogP) is 5.50. The largest absolute Gasteiger partial charge is 0.461 e. The molecule has 4 rings (SSSR count). The molecule has 0 saturated heterocycles. The summed E-state index contributed by atoms with van der Waals surface area (Å²) in [6, 6.07) is 12.1. The van der Waals surface area contributed by atoms with E-state index in [-0.39, 0.29) is 5.91 Å². The minimum atomic E-state index is 0.0783. The van der Waals surface area contributed by atoms with Crippen LogP contribution in [0.15, 0.2) is 52.2 Å². The molecule has 2 aromatic heterocycles. The number of nitrogens with zero attached hydrogens (tertiary/aromatic N) is 4. The summed E-state index contributed by atoms with van der Waals surface area (Å²) in [6.45, 7) is 4.68. The van der Waals surface area contributed by atoms with Crippen molar-refractivity contribution in [3.05, 3.63) is 48.2 Å². The summed E-state index contributed by atoms with van der Waals surface area (Å²) in [4.78, 5) is 14.9. The van der Waals surface area contributed by atoms with Gasteiger partial charge in [-0.3, -0.25) is 9.36 Å². The molecule has 0 unspecified atom stereocenters. The number of rotatable bonds is 7. The topological polar surface area (TPSA) is 64.2 Å². The fraction of sp³-hybridized carbons (Fsp3) is 0.435. The second-order valence-electron chi connectivity index (χ2n) is 7.66. The third-order valence-corrected chi connectivity index (χ3v) is 6.62. The lowest BCUT2D eigenvalue weighted by atomic mass is 9.95. The van der Waals surface area contributed by atoms with Crippen LogP contribution in [-0.2, 0) is 4.79 Å². The van der Waals surface area contributed by atoms with E-state index < -0.39 is 0 Å². The molecular formula is C23H28N4O2S. The highest BCUT2D eigenvalue weighted by Crippen LogP contribution is 2.36. The summed E-state index contributed by atoms with van der Waals surface area (Å²) in [7, 11) is 0. The van der Waals surface area contributed by atoms with Gasteiger partial charge < -0.3 is 9.32 Å². The summed E-state index contributed by atoms with van der Waals surface area (Å²) in [5.41, 5.74) is 2.07. The van der Waals surface area contributed by atoms with Gasteiger partial charge in [0.05, 0.1) is 12.0 Å². The predicted molar refractivity (Wildman–Crippen MR) is 120 cm³/mol. The lowest BCUT2D eigenvalue weighted by molar-refractivity contribution is -0.116. The summed E-state index contributed by atoms with van der Waals surface area (Å²) in [5.74, 6) is 1.88. The van der Waals surface area contributed by atoms with Crippen LogP contribution < -0.4 is 4.90 Å². The number of hydrogen-bond acceptors (Lipinski definition) is 5. The van der Waals surface area contributed by atoms with Crippen LogP contribution >= 0.6 is 11.8 Å². The molecule has 0 bridgehead atoms. The molecule has 1 aliphatic carbocycles. The second-order valence-corrected chi connectivity index (χ2v) is 8.60. The van der Waals surface area contributed by atoms with Gasteiger partial charge in [-0.1, -0.05) is 49.2 Å². The number of anilines is 1. The van der Waals surface area contributed by atoms with Gasteiger partial charge in [0.25, 0.3) is 0 Å². The van der Waals surface area contributed by atoms with Crippen molar-refractivity contribution in [3.63, 3.8) is 0 Å². The van der Waals surface area contributed by atoms with Crippen molar-refractivity contribution in [1.29, 1.82) is 0 Å². The summed E-state index contributed by atoms with van der Waals surface area (Å²) >= 11 is 1.47. The monoisotopic (exact) mass is 424 g/mol. The van der Waals surface area contributed by atoms with Gasteiger partial charge in [0.1, 0.15) is 0 Å². The van der Waals surface area contributed by atoms with E-state index in [9.17, 15) is 4.79 Å². The number of carbonyl (C=O) groups is 1. The Morgan fingerprint density at radius 3 is 2.67 bits per heavy atom. The first-order valence-electron chi connectivity index (χ1n) is 10.7. The van der Waals surface area contributed by atoms with E-state index in [4.69, 9.17) is 4.42 Å². The standard InChI is InChI=1S/C23H28N4O2S/c1-3-26(19-13-8-7-10-17(19)2)21(28)16-30-23-25-24-22(20-14-9-15-29-20)27(23)18-11-5-4-6-12-18/h7-10,13-15,18H,3-6,11-12,16H2,1-2H3. The molecule has 6 nitrogen and oxygen atoms in total. The molecule has 1 amide bonds. The van der Waals surface area contributed by atoms with Gasteiger partial charge in [-0.25, -0.2) is 0 Å². The van der Waals surface area contributed by atoms with Crippen LogP contribution in [0.25, 0.3) is 11.6 Å².